The number of benzene rings is 2. The molecule has 2 aromatic carbocycles. The molecular formula is C25H25N4O4-. The third-order valence-electron chi connectivity index (χ3n) is 5.78. The first-order valence-electron chi connectivity index (χ1n) is 10.9. The zero-order chi connectivity index (χ0) is 23.5. The molecule has 0 amide bonds. The monoisotopic (exact) mass is 445 g/mol. The summed E-state index contributed by atoms with van der Waals surface area (Å²) in [6, 6.07) is 11.4. The number of hydrogen-bond acceptors (Lipinski definition) is 8. The Morgan fingerprint density at radius 1 is 1.33 bits per heavy atom. The molecule has 0 aliphatic carbocycles. The Balaban J connectivity index is 1.57. The van der Waals surface area contributed by atoms with Crippen molar-refractivity contribution in [3.05, 3.63) is 52.6 Å². The second-order valence-electron chi connectivity index (χ2n) is 8.44. The normalized spacial score (nSPS) is 13.5. The van der Waals surface area contributed by atoms with Gasteiger partial charge in [0.2, 0.25) is 5.82 Å². The summed E-state index contributed by atoms with van der Waals surface area (Å²) in [6.07, 6.45) is 0.831. The van der Waals surface area contributed by atoms with E-state index >= 15 is 0 Å². The quantitative estimate of drug-likeness (QED) is 0.545. The fraction of sp³-hybridized carbons (Fsp3) is 0.360. The summed E-state index contributed by atoms with van der Waals surface area (Å²) in [5.41, 5.74) is 5.48. The number of hydrogen-bond donors (Lipinski definition) is 0. The number of carbonyl (C=O) groups is 1. The predicted molar refractivity (Wildman–Crippen MR) is 119 cm³/mol. The molecule has 0 radical (unpaired) electrons. The smallest absolute Gasteiger partial charge is 0.258 e. The van der Waals surface area contributed by atoms with Gasteiger partial charge in [-0.3, -0.25) is 4.90 Å². The zero-order valence-electron chi connectivity index (χ0n) is 18.9. The van der Waals surface area contributed by atoms with Gasteiger partial charge in [-0.25, -0.2) is 0 Å². The molecule has 1 aliphatic rings. The SMILES string of the molecule is Cc1c(-c2noc(-c3ccc(OC(C)C)c(C#N)c3)n2)ccc2c1CCN(CCC(=O)[O-])C2. The molecule has 8 heteroatoms. The maximum atomic E-state index is 10.8. The van der Waals surface area contributed by atoms with Gasteiger partial charge in [-0.05, 0) is 68.5 Å². The Labute approximate surface area is 192 Å². The summed E-state index contributed by atoms with van der Waals surface area (Å²) in [5.74, 6) is 0.327. The lowest BCUT2D eigenvalue weighted by Gasteiger charge is -2.30. The summed E-state index contributed by atoms with van der Waals surface area (Å²) >= 11 is 0. The minimum atomic E-state index is -1.02. The molecular weight excluding hydrogens is 420 g/mol. The average Bonchev–Trinajstić information content (AvgIpc) is 3.27. The number of rotatable bonds is 7. The van der Waals surface area contributed by atoms with Crippen LogP contribution in [0.2, 0.25) is 0 Å². The van der Waals surface area contributed by atoms with Gasteiger partial charge in [0.05, 0.1) is 11.7 Å². The summed E-state index contributed by atoms with van der Waals surface area (Å²) in [6.45, 7) is 7.86. The van der Waals surface area contributed by atoms with E-state index in [4.69, 9.17) is 9.26 Å². The molecule has 3 aromatic rings. The van der Waals surface area contributed by atoms with Crippen molar-refractivity contribution in [2.45, 2.75) is 46.3 Å². The van der Waals surface area contributed by atoms with Gasteiger partial charge in [-0.2, -0.15) is 10.2 Å². The molecule has 170 valence electrons. The van der Waals surface area contributed by atoms with Crippen LogP contribution in [0.3, 0.4) is 0 Å². The fourth-order valence-corrected chi connectivity index (χ4v) is 4.14. The van der Waals surface area contributed by atoms with Crippen LogP contribution in [0.15, 0.2) is 34.9 Å². The average molecular weight is 445 g/mol. The number of ether oxygens (including phenoxy) is 1. The van der Waals surface area contributed by atoms with Crippen LogP contribution in [0.5, 0.6) is 5.75 Å². The molecule has 33 heavy (non-hydrogen) atoms. The van der Waals surface area contributed by atoms with E-state index < -0.39 is 5.97 Å². The van der Waals surface area contributed by atoms with Crippen LogP contribution in [-0.2, 0) is 17.8 Å². The number of nitriles is 1. The van der Waals surface area contributed by atoms with E-state index in [1.807, 2.05) is 32.9 Å². The van der Waals surface area contributed by atoms with E-state index in [0.29, 0.717) is 41.7 Å². The highest BCUT2D eigenvalue weighted by Crippen LogP contribution is 2.32. The number of aliphatic carboxylic acids is 1. The second kappa shape index (κ2) is 9.43. The van der Waals surface area contributed by atoms with Crippen LogP contribution < -0.4 is 9.84 Å². The van der Waals surface area contributed by atoms with Gasteiger partial charge in [0.1, 0.15) is 11.8 Å². The number of aromatic nitrogens is 2. The minimum Gasteiger partial charge on any atom is -0.550 e. The molecule has 0 atom stereocenters. The van der Waals surface area contributed by atoms with E-state index in [0.717, 1.165) is 24.1 Å². The zero-order valence-corrected chi connectivity index (χ0v) is 18.9. The second-order valence-corrected chi connectivity index (χ2v) is 8.44. The van der Waals surface area contributed by atoms with Crippen molar-refractivity contribution < 1.29 is 19.2 Å². The van der Waals surface area contributed by atoms with Crippen molar-refractivity contribution in [2.75, 3.05) is 13.1 Å². The van der Waals surface area contributed by atoms with Gasteiger partial charge in [-0.1, -0.05) is 17.3 Å². The van der Waals surface area contributed by atoms with E-state index in [1.165, 1.54) is 11.1 Å². The standard InChI is InChI=1S/C25H26N4O4/c1-15(2)32-22-7-5-17(12-19(22)13-26)25-27-24(28-33-25)21-6-4-18-14-29(11-9-23(30)31)10-8-20(18)16(21)3/h4-7,12,15H,8-11,14H2,1-3H3,(H,30,31)/p-1. The molecule has 0 bridgehead atoms. The fourth-order valence-electron chi connectivity index (χ4n) is 4.14. The van der Waals surface area contributed by atoms with Gasteiger partial charge in [0, 0.05) is 36.7 Å². The number of nitrogens with zero attached hydrogens (tertiary/aromatic N) is 4. The highest BCUT2D eigenvalue weighted by molar-refractivity contribution is 5.67. The Morgan fingerprint density at radius 2 is 2.15 bits per heavy atom. The van der Waals surface area contributed by atoms with Gasteiger partial charge < -0.3 is 19.2 Å². The van der Waals surface area contributed by atoms with E-state index in [1.54, 1.807) is 18.2 Å². The first kappa shape index (κ1) is 22.5. The Hall–Kier alpha value is -3.70. The highest BCUT2D eigenvalue weighted by Gasteiger charge is 2.21. The maximum Gasteiger partial charge on any atom is 0.258 e. The van der Waals surface area contributed by atoms with Crippen molar-refractivity contribution in [1.82, 2.24) is 15.0 Å². The third kappa shape index (κ3) is 4.89. The maximum absolute atomic E-state index is 10.8. The largest absolute Gasteiger partial charge is 0.550 e. The number of carbonyl (C=O) groups excluding carboxylic acids is 1. The minimum absolute atomic E-state index is 0.0359. The first-order chi connectivity index (χ1) is 15.9. The molecule has 1 aliphatic heterocycles. The van der Waals surface area contributed by atoms with Gasteiger partial charge in [-0.15, -0.1) is 0 Å². The number of fused-ring (bicyclic) bond motifs is 1. The Bertz CT molecular complexity index is 1230. The lowest BCUT2D eigenvalue weighted by atomic mass is 9.91. The summed E-state index contributed by atoms with van der Waals surface area (Å²) < 4.78 is 11.2. The summed E-state index contributed by atoms with van der Waals surface area (Å²) in [4.78, 5) is 17.5. The Kier molecular flexibility index (Phi) is 6.43. The van der Waals surface area contributed by atoms with Crippen LogP contribution in [0.1, 0.15) is 42.5 Å². The molecule has 4 rings (SSSR count). The van der Waals surface area contributed by atoms with Crippen molar-refractivity contribution >= 4 is 5.97 Å². The van der Waals surface area contributed by atoms with Crippen LogP contribution in [-0.4, -0.2) is 40.2 Å². The molecule has 0 unspecified atom stereocenters. The van der Waals surface area contributed by atoms with Crippen molar-refractivity contribution in [1.29, 1.82) is 5.26 Å². The van der Waals surface area contributed by atoms with Gasteiger partial charge >= 0.3 is 0 Å². The number of carboxylic acid groups (broad SMARTS) is 1. The van der Waals surface area contributed by atoms with Crippen LogP contribution in [0, 0.1) is 18.3 Å². The molecule has 0 fully saturated rings. The lowest BCUT2D eigenvalue weighted by Crippen LogP contribution is -2.35. The Morgan fingerprint density at radius 3 is 2.88 bits per heavy atom. The first-order valence-corrected chi connectivity index (χ1v) is 10.9. The molecule has 0 N–H and O–H groups in total. The van der Waals surface area contributed by atoms with Gasteiger partial charge in [0.15, 0.2) is 0 Å². The van der Waals surface area contributed by atoms with Crippen LogP contribution in [0.25, 0.3) is 22.8 Å². The van der Waals surface area contributed by atoms with Crippen LogP contribution >= 0.6 is 0 Å². The van der Waals surface area contributed by atoms with E-state index in [-0.39, 0.29) is 12.5 Å². The molecule has 0 saturated carbocycles. The van der Waals surface area contributed by atoms with Crippen molar-refractivity contribution in [3.8, 4) is 34.7 Å². The predicted octanol–water partition coefficient (Wildman–Crippen LogP) is 2.87. The topological polar surface area (TPSA) is 115 Å². The van der Waals surface area contributed by atoms with E-state index in [2.05, 4.69) is 21.1 Å². The summed E-state index contributed by atoms with van der Waals surface area (Å²) in [7, 11) is 0. The summed E-state index contributed by atoms with van der Waals surface area (Å²) in [5, 5.41) is 24.4. The number of carboxylic acids is 1. The molecule has 0 saturated heterocycles. The molecule has 0 spiro atoms. The van der Waals surface area contributed by atoms with Gasteiger partial charge in [0.25, 0.3) is 5.89 Å². The highest BCUT2D eigenvalue weighted by atomic mass is 16.5. The van der Waals surface area contributed by atoms with Crippen LogP contribution in [0.4, 0.5) is 0 Å². The third-order valence-corrected chi connectivity index (χ3v) is 5.78. The van der Waals surface area contributed by atoms with Crippen molar-refractivity contribution in [2.24, 2.45) is 0 Å². The van der Waals surface area contributed by atoms with E-state index in [9.17, 15) is 15.2 Å². The molecule has 8 nitrogen and oxygen atoms in total. The molecule has 1 aromatic heterocycles. The lowest BCUT2D eigenvalue weighted by molar-refractivity contribution is -0.305. The molecule has 2 heterocycles. The van der Waals surface area contributed by atoms with Crippen molar-refractivity contribution in [3.63, 3.8) is 0 Å².